The van der Waals surface area contributed by atoms with Crippen LogP contribution in [0.25, 0.3) is 11.1 Å². The summed E-state index contributed by atoms with van der Waals surface area (Å²) in [5.41, 5.74) is 1.76. The monoisotopic (exact) mass is 376 g/mol. The van der Waals surface area contributed by atoms with Crippen LogP contribution in [0.4, 0.5) is 0 Å². The second-order valence-electron chi connectivity index (χ2n) is 7.25. The maximum absolute atomic E-state index is 13.3. The Labute approximate surface area is 154 Å². The number of ether oxygens (including phenoxy) is 1. The molecule has 2 bridgehead atoms. The van der Waals surface area contributed by atoms with Crippen molar-refractivity contribution in [2.75, 3.05) is 39.9 Å². The first-order chi connectivity index (χ1) is 12.4. The Bertz CT molecular complexity index is 895. The van der Waals surface area contributed by atoms with Gasteiger partial charge in [-0.1, -0.05) is 12.1 Å². The molecule has 0 saturated carbocycles. The van der Waals surface area contributed by atoms with Crippen molar-refractivity contribution in [2.24, 2.45) is 13.0 Å². The molecule has 2 aromatic rings. The molecule has 26 heavy (non-hydrogen) atoms. The number of benzene rings is 1. The molecular formula is C18H24N4O3S. The van der Waals surface area contributed by atoms with Crippen molar-refractivity contribution in [2.45, 2.75) is 10.9 Å². The van der Waals surface area contributed by atoms with Gasteiger partial charge in [-0.3, -0.25) is 9.58 Å². The van der Waals surface area contributed by atoms with Crippen LogP contribution in [0.15, 0.2) is 41.6 Å². The number of hydrogen-bond acceptors (Lipinski definition) is 5. The molecule has 1 aromatic heterocycles. The largest absolute Gasteiger partial charge is 0.379 e. The van der Waals surface area contributed by atoms with E-state index in [-0.39, 0.29) is 12.0 Å². The van der Waals surface area contributed by atoms with Gasteiger partial charge in [-0.2, -0.15) is 9.40 Å². The molecule has 0 aliphatic carbocycles. The number of fused-ring (bicyclic) bond motifs is 3. The lowest BCUT2D eigenvalue weighted by Gasteiger charge is -2.29. The summed E-state index contributed by atoms with van der Waals surface area (Å²) in [5, 5.41) is 4.17. The van der Waals surface area contributed by atoms with Gasteiger partial charge >= 0.3 is 0 Å². The number of hydrogen-bond donors (Lipinski definition) is 0. The summed E-state index contributed by atoms with van der Waals surface area (Å²) in [5.74, 6) is 0.198. The van der Waals surface area contributed by atoms with Crippen molar-refractivity contribution in [3.8, 4) is 11.1 Å². The van der Waals surface area contributed by atoms with Crippen molar-refractivity contribution >= 4 is 10.0 Å². The zero-order chi connectivity index (χ0) is 18.3. The summed E-state index contributed by atoms with van der Waals surface area (Å²) in [6.07, 6.45) is 3.63. The second-order valence-corrected chi connectivity index (χ2v) is 9.19. The lowest BCUT2D eigenvalue weighted by atomic mass is 10.1. The van der Waals surface area contributed by atoms with Gasteiger partial charge in [0.2, 0.25) is 10.0 Å². The minimum absolute atomic E-state index is 0.0961. The fraction of sp³-hybridized carbons (Fsp3) is 0.500. The van der Waals surface area contributed by atoms with Crippen LogP contribution in [-0.2, 0) is 21.8 Å². The van der Waals surface area contributed by atoms with Crippen LogP contribution in [-0.4, -0.2) is 73.3 Å². The molecule has 0 amide bonds. The molecule has 4 rings (SSSR count). The van der Waals surface area contributed by atoms with Crippen LogP contribution in [0.1, 0.15) is 0 Å². The zero-order valence-corrected chi connectivity index (χ0v) is 15.9. The van der Waals surface area contributed by atoms with Gasteiger partial charge in [-0.05, 0) is 24.7 Å². The van der Waals surface area contributed by atoms with Gasteiger partial charge in [0.25, 0.3) is 0 Å². The molecule has 0 N–H and O–H groups in total. The Morgan fingerprint density at radius 3 is 2.73 bits per heavy atom. The van der Waals surface area contributed by atoms with Crippen molar-refractivity contribution in [3.63, 3.8) is 0 Å². The van der Waals surface area contributed by atoms with Crippen molar-refractivity contribution < 1.29 is 13.2 Å². The van der Waals surface area contributed by atoms with E-state index in [9.17, 15) is 8.42 Å². The van der Waals surface area contributed by atoms with Crippen LogP contribution in [0.5, 0.6) is 0 Å². The molecule has 2 saturated heterocycles. The minimum Gasteiger partial charge on any atom is -0.379 e. The summed E-state index contributed by atoms with van der Waals surface area (Å²) in [7, 11) is 0.342. The molecule has 2 aliphatic rings. The number of aryl methyl sites for hydroxylation is 1. The number of nitrogens with zero attached hydrogens (tertiary/aromatic N) is 4. The highest BCUT2D eigenvalue weighted by Crippen LogP contribution is 2.27. The van der Waals surface area contributed by atoms with Crippen LogP contribution in [0.3, 0.4) is 0 Å². The van der Waals surface area contributed by atoms with E-state index in [1.54, 1.807) is 33.4 Å². The summed E-state index contributed by atoms with van der Waals surface area (Å²) < 4.78 is 35.7. The van der Waals surface area contributed by atoms with Crippen LogP contribution in [0, 0.1) is 5.92 Å². The van der Waals surface area contributed by atoms with Gasteiger partial charge in [0.15, 0.2) is 0 Å². The maximum Gasteiger partial charge on any atom is 0.243 e. The second kappa shape index (κ2) is 6.77. The van der Waals surface area contributed by atoms with Crippen molar-refractivity contribution in [1.82, 2.24) is 19.0 Å². The normalized spacial score (nSPS) is 25.2. The van der Waals surface area contributed by atoms with Crippen molar-refractivity contribution in [1.29, 1.82) is 0 Å². The standard InChI is InChI=1S/C18H24N4O3S/c1-20-8-14-9-22(11-17(20)13-25-12-14)26(23,24)18-5-3-4-15(6-18)16-7-19-21(2)10-16/h3-7,10,14,17H,8-9,11-13H2,1-2H3/t14-,17+/m1/s1. The summed E-state index contributed by atoms with van der Waals surface area (Å²) in [6, 6.07) is 7.22. The lowest BCUT2D eigenvalue weighted by molar-refractivity contribution is 0.0727. The summed E-state index contributed by atoms with van der Waals surface area (Å²) in [6.45, 7) is 3.02. The van der Waals surface area contributed by atoms with Gasteiger partial charge < -0.3 is 4.74 Å². The van der Waals surface area contributed by atoms with E-state index < -0.39 is 10.0 Å². The first-order valence-electron chi connectivity index (χ1n) is 8.81. The van der Waals surface area contributed by atoms with E-state index in [0.717, 1.165) is 17.7 Å². The smallest absolute Gasteiger partial charge is 0.243 e. The lowest BCUT2D eigenvalue weighted by Crippen LogP contribution is -2.44. The molecule has 2 fully saturated rings. The molecule has 7 nitrogen and oxygen atoms in total. The molecule has 2 aliphatic heterocycles. The highest BCUT2D eigenvalue weighted by atomic mass is 32.2. The van der Waals surface area contributed by atoms with Gasteiger partial charge in [0.1, 0.15) is 0 Å². The number of rotatable bonds is 3. The van der Waals surface area contributed by atoms with Crippen molar-refractivity contribution in [3.05, 3.63) is 36.7 Å². The van der Waals surface area contributed by atoms with Crippen LogP contribution in [0.2, 0.25) is 0 Å². The van der Waals surface area contributed by atoms with Crippen LogP contribution >= 0.6 is 0 Å². The molecule has 8 heteroatoms. The van der Waals surface area contributed by atoms with Gasteiger partial charge in [0, 0.05) is 50.4 Å². The van der Waals surface area contributed by atoms with E-state index in [4.69, 9.17) is 4.74 Å². The highest BCUT2D eigenvalue weighted by Gasteiger charge is 2.37. The van der Waals surface area contributed by atoms with E-state index in [0.29, 0.717) is 31.2 Å². The van der Waals surface area contributed by atoms with Gasteiger partial charge in [-0.15, -0.1) is 0 Å². The fourth-order valence-corrected chi connectivity index (χ4v) is 5.36. The summed E-state index contributed by atoms with van der Waals surface area (Å²) in [4.78, 5) is 2.56. The maximum atomic E-state index is 13.3. The van der Waals surface area contributed by atoms with E-state index in [1.165, 1.54) is 0 Å². The Balaban J connectivity index is 1.66. The van der Waals surface area contributed by atoms with Gasteiger partial charge in [-0.25, -0.2) is 8.42 Å². The highest BCUT2D eigenvalue weighted by molar-refractivity contribution is 7.89. The predicted octanol–water partition coefficient (Wildman–Crippen LogP) is 1.04. The molecule has 3 heterocycles. The van der Waals surface area contributed by atoms with E-state index in [1.807, 2.05) is 26.4 Å². The molecule has 1 aromatic carbocycles. The number of aromatic nitrogens is 2. The Morgan fingerprint density at radius 2 is 1.96 bits per heavy atom. The Hall–Kier alpha value is -1.74. The van der Waals surface area contributed by atoms with Crippen LogP contribution < -0.4 is 0 Å². The molecule has 2 atom stereocenters. The first kappa shape index (κ1) is 17.7. The fourth-order valence-electron chi connectivity index (χ4n) is 3.76. The number of likely N-dealkylation sites (N-methyl/N-ethyl adjacent to an activating group) is 1. The Kier molecular flexibility index (Phi) is 4.60. The average Bonchev–Trinajstić information content (AvgIpc) is 2.87. The van der Waals surface area contributed by atoms with Gasteiger partial charge in [0.05, 0.1) is 24.3 Å². The summed E-state index contributed by atoms with van der Waals surface area (Å²) >= 11 is 0. The Morgan fingerprint density at radius 1 is 1.12 bits per heavy atom. The third kappa shape index (κ3) is 3.29. The molecule has 0 unspecified atom stereocenters. The third-order valence-electron chi connectivity index (χ3n) is 5.22. The number of sulfonamides is 1. The average molecular weight is 376 g/mol. The quantitative estimate of drug-likeness (QED) is 0.801. The topological polar surface area (TPSA) is 67.7 Å². The SMILES string of the molecule is CN1C[C@H]2COC[C@@H]1CN(S(=O)(=O)c1cccc(-c3cnn(C)c3)c1)C2. The minimum atomic E-state index is -3.55. The predicted molar refractivity (Wildman–Crippen MR) is 98.1 cm³/mol. The molecule has 140 valence electrons. The molecular weight excluding hydrogens is 352 g/mol. The molecule has 0 spiro atoms. The van der Waals surface area contributed by atoms with E-state index >= 15 is 0 Å². The first-order valence-corrected chi connectivity index (χ1v) is 10.2. The third-order valence-corrected chi connectivity index (χ3v) is 7.05. The zero-order valence-electron chi connectivity index (χ0n) is 15.1. The van der Waals surface area contributed by atoms with E-state index in [2.05, 4.69) is 10.00 Å². The molecule has 0 radical (unpaired) electrons.